The van der Waals surface area contributed by atoms with Crippen molar-refractivity contribution in [3.05, 3.63) is 194 Å². The summed E-state index contributed by atoms with van der Waals surface area (Å²) in [5.41, 5.74) is 11.2. The Hall–Kier alpha value is -6.50. The first-order valence-corrected chi connectivity index (χ1v) is 17.7. The van der Waals surface area contributed by atoms with Crippen LogP contribution < -0.4 is 0 Å². The fourth-order valence-electron chi connectivity index (χ4n) is 7.91. The summed E-state index contributed by atoms with van der Waals surface area (Å²) in [5, 5.41) is 12.7. The van der Waals surface area contributed by atoms with Crippen molar-refractivity contribution in [3.8, 4) is 44.5 Å². The average molecular weight is 647 g/mol. The van der Waals surface area contributed by atoms with E-state index in [9.17, 15) is 0 Å². The molecule has 0 aliphatic rings. The van der Waals surface area contributed by atoms with Crippen LogP contribution in [0.3, 0.4) is 0 Å². The molecule has 0 fully saturated rings. The molecule has 0 aromatic heterocycles. The van der Waals surface area contributed by atoms with Gasteiger partial charge in [-0.2, -0.15) is 0 Å². The van der Waals surface area contributed by atoms with Crippen LogP contribution >= 0.6 is 0 Å². The van der Waals surface area contributed by atoms with Gasteiger partial charge in [-0.25, -0.2) is 0 Å². The fourth-order valence-corrected chi connectivity index (χ4v) is 7.91. The molecule has 0 saturated carbocycles. The molecule has 10 rings (SSSR count). The Labute approximate surface area is 297 Å². The SMILES string of the molecule is Cc1cc(-c2ccc3ccccc3c2)cc2ccc(-c3ccc4c(ccc5cc(-c6ccc(-c7ccc8ccccc8c7)cc6)ccc54)c3)cc12. The minimum Gasteiger partial charge on any atom is -0.0616 e. The number of fused-ring (bicyclic) bond motifs is 6. The maximum absolute atomic E-state index is 2.36. The summed E-state index contributed by atoms with van der Waals surface area (Å²) in [6.45, 7) is 2.23. The summed E-state index contributed by atoms with van der Waals surface area (Å²) in [6.07, 6.45) is 0. The molecule has 0 aliphatic carbocycles. The predicted octanol–water partition coefficient (Wildman–Crippen LogP) is 14.4. The van der Waals surface area contributed by atoms with Gasteiger partial charge in [-0.15, -0.1) is 0 Å². The maximum atomic E-state index is 2.36. The second kappa shape index (κ2) is 11.8. The minimum absolute atomic E-state index is 1.23. The molecule has 10 aromatic carbocycles. The Balaban J connectivity index is 0.943. The molecule has 0 bridgehead atoms. The molecule has 0 spiro atoms. The lowest BCUT2D eigenvalue weighted by Gasteiger charge is -2.12. The van der Waals surface area contributed by atoms with Gasteiger partial charge in [-0.05, 0) is 147 Å². The monoisotopic (exact) mass is 646 g/mol. The highest BCUT2D eigenvalue weighted by Crippen LogP contribution is 2.36. The predicted molar refractivity (Wildman–Crippen MR) is 220 cm³/mol. The zero-order valence-electron chi connectivity index (χ0n) is 28.4. The van der Waals surface area contributed by atoms with Crippen molar-refractivity contribution in [2.45, 2.75) is 6.92 Å². The molecule has 0 atom stereocenters. The summed E-state index contributed by atoms with van der Waals surface area (Å²) < 4.78 is 0. The van der Waals surface area contributed by atoms with Crippen molar-refractivity contribution in [3.63, 3.8) is 0 Å². The normalized spacial score (nSPS) is 11.6. The molecule has 51 heavy (non-hydrogen) atoms. The van der Waals surface area contributed by atoms with Gasteiger partial charge in [-0.1, -0.05) is 152 Å². The Morgan fingerprint density at radius 1 is 0.216 bits per heavy atom. The highest BCUT2D eigenvalue weighted by Gasteiger charge is 2.10. The first-order chi connectivity index (χ1) is 25.1. The van der Waals surface area contributed by atoms with Gasteiger partial charge in [0.2, 0.25) is 0 Å². The van der Waals surface area contributed by atoms with Gasteiger partial charge in [0.1, 0.15) is 0 Å². The number of hydrogen-bond donors (Lipinski definition) is 0. The van der Waals surface area contributed by atoms with Crippen molar-refractivity contribution < 1.29 is 0 Å². The van der Waals surface area contributed by atoms with E-state index in [1.165, 1.54) is 104 Å². The van der Waals surface area contributed by atoms with Crippen LogP contribution in [0.4, 0.5) is 0 Å². The standard InChI is InChI=1S/C51H34/c1-33-26-48(43-17-15-35-7-3-5-9-39(35)28-43)31-47-19-18-44(32-51(33)47)42-23-25-50-46(30-42)21-20-45-29-41(22-24-49(45)50)37-12-10-36(11-13-37)40-16-14-34-6-2-4-8-38(34)27-40/h2-32H,1H3. The lowest BCUT2D eigenvalue weighted by Crippen LogP contribution is -1.87. The van der Waals surface area contributed by atoms with Gasteiger partial charge in [0, 0.05) is 0 Å². The van der Waals surface area contributed by atoms with Crippen molar-refractivity contribution in [1.82, 2.24) is 0 Å². The van der Waals surface area contributed by atoms with E-state index in [4.69, 9.17) is 0 Å². The van der Waals surface area contributed by atoms with Gasteiger partial charge in [0.05, 0.1) is 0 Å². The molecule has 0 N–H and O–H groups in total. The molecule has 0 heteroatoms. The van der Waals surface area contributed by atoms with Gasteiger partial charge >= 0.3 is 0 Å². The van der Waals surface area contributed by atoms with Crippen molar-refractivity contribution in [2.75, 3.05) is 0 Å². The molecule has 0 amide bonds. The molecule has 0 nitrogen and oxygen atoms in total. The van der Waals surface area contributed by atoms with E-state index in [0.29, 0.717) is 0 Å². The highest BCUT2D eigenvalue weighted by molar-refractivity contribution is 6.09. The van der Waals surface area contributed by atoms with Crippen LogP contribution in [0.1, 0.15) is 5.56 Å². The quantitative estimate of drug-likeness (QED) is 0.167. The molecule has 0 aliphatic heterocycles. The van der Waals surface area contributed by atoms with Crippen LogP contribution in [-0.4, -0.2) is 0 Å². The van der Waals surface area contributed by atoms with Crippen LogP contribution in [0.15, 0.2) is 188 Å². The largest absolute Gasteiger partial charge is 0.0616 e. The molecular formula is C51H34. The second-order valence-electron chi connectivity index (χ2n) is 13.9. The van der Waals surface area contributed by atoms with Gasteiger partial charge in [0.15, 0.2) is 0 Å². The number of rotatable bonds is 4. The van der Waals surface area contributed by atoms with E-state index in [0.717, 1.165) is 0 Å². The zero-order chi connectivity index (χ0) is 33.9. The molecule has 0 unspecified atom stereocenters. The van der Waals surface area contributed by atoms with E-state index in [2.05, 4.69) is 195 Å². The highest BCUT2D eigenvalue weighted by atomic mass is 14.1. The summed E-state index contributed by atoms with van der Waals surface area (Å²) in [4.78, 5) is 0. The third-order valence-electron chi connectivity index (χ3n) is 10.7. The van der Waals surface area contributed by atoms with Crippen LogP contribution in [0, 0.1) is 6.92 Å². The van der Waals surface area contributed by atoms with Crippen molar-refractivity contribution in [1.29, 1.82) is 0 Å². The van der Waals surface area contributed by atoms with Crippen LogP contribution in [0.2, 0.25) is 0 Å². The lowest BCUT2D eigenvalue weighted by atomic mass is 9.92. The third kappa shape index (κ3) is 5.25. The average Bonchev–Trinajstić information content (AvgIpc) is 3.20. The first-order valence-electron chi connectivity index (χ1n) is 17.7. The van der Waals surface area contributed by atoms with Crippen LogP contribution in [-0.2, 0) is 0 Å². The minimum atomic E-state index is 1.23. The van der Waals surface area contributed by atoms with E-state index < -0.39 is 0 Å². The molecular weight excluding hydrogens is 613 g/mol. The van der Waals surface area contributed by atoms with Gasteiger partial charge in [-0.3, -0.25) is 0 Å². The van der Waals surface area contributed by atoms with E-state index in [1.54, 1.807) is 0 Å². The Kier molecular flexibility index (Phi) is 6.82. The Bertz CT molecular complexity index is 2960. The maximum Gasteiger partial charge on any atom is -0.0105 e. The summed E-state index contributed by atoms with van der Waals surface area (Å²) in [6, 6.07) is 69.4. The summed E-state index contributed by atoms with van der Waals surface area (Å²) in [5.74, 6) is 0. The molecule has 0 radical (unpaired) electrons. The second-order valence-corrected chi connectivity index (χ2v) is 13.9. The smallest absolute Gasteiger partial charge is 0.0105 e. The van der Waals surface area contributed by atoms with Crippen LogP contribution in [0.25, 0.3) is 98.4 Å². The summed E-state index contributed by atoms with van der Waals surface area (Å²) in [7, 11) is 0. The van der Waals surface area contributed by atoms with Crippen LogP contribution in [0.5, 0.6) is 0 Å². The van der Waals surface area contributed by atoms with Gasteiger partial charge in [0.25, 0.3) is 0 Å². The van der Waals surface area contributed by atoms with E-state index in [1.807, 2.05) is 0 Å². The fraction of sp³-hybridized carbons (Fsp3) is 0.0196. The number of hydrogen-bond acceptors (Lipinski definition) is 0. The first kappa shape index (κ1) is 29.4. The Morgan fingerprint density at radius 3 is 1.10 bits per heavy atom. The topological polar surface area (TPSA) is 0 Å². The van der Waals surface area contributed by atoms with E-state index in [-0.39, 0.29) is 0 Å². The molecule has 0 heterocycles. The molecule has 238 valence electrons. The van der Waals surface area contributed by atoms with E-state index >= 15 is 0 Å². The Morgan fingerprint density at radius 2 is 0.549 bits per heavy atom. The van der Waals surface area contributed by atoms with Crippen molar-refractivity contribution in [2.24, 2.45) is 0 Å². The number of aryl methyl sites for hydroxylation is 1. The lowest BCUT2D eigenvalue weighted by molar-refractivity contribution is 1.52. The third-order valence-corrected chi connectivity index (χ3v) is 10.7. The summed E-state index contributed by atoms with van der Waals surface area (Å²) >= 11 is 0. The molecule has 0 saturated heterocycles. The molecule has 10 aromatic rings. The number of benzene rings is 10. The zero-order valence-corrected chi connectivity index (χ0v) is 28.4. The van der Waals surface area contributed by atoms with Gasteiger partial charge < -0.3 is 0 Å². The van der Waals surface area contributed by atoms with Crippen molar-refractivity contribution >= 4 is 53.9 Å².